The van der Waals surface area contributed by atoms with Crippen LogP contribution in [-0.4, -0.2) is 35.0 Å². The van der Waals surface area contributed by atoms with Crippen molar-refractivity contribution in [1.29, 1.82) is 0 Å². The van der Waals surface area contributed by atoms with Crippen LogP contribution in [0.2, 0.25) is 0 Å². The third-order valence-electron chi connectivity index (χ3n) is 5.68. The third-order valence-corrected chi connectivity index (χ3v) is 6.56. The topological polar surface area (TPSA) is 114 Å². The molecule has 2 heterocycles. The molecule has 0 bridgehead atoms. The fourth-order valence-corrected chi connectivity index (χ4v) is 4.18. The summed E-state index contributed by atoms with van der Waals surface area (Å²) in [6, 6.07) is 11.9. The minimum Gasteiger partial charge on any atom is -0.454 e. The first-order valence-corrected chi connectivity index (χ1v) is 12.0. The zero-order valence-corrected chi connectivity index (χ0v) is 20.1. The Morgan fingerprint density at radius 2 is 1.79 bits per heavy atom. The molecule has 3 amide bonds. The molecule has 2 atom stereocenters. The molecule has 3 N–H and O–H groups in total. The summed E-state index contributed by atoms with van der Waals surface area (Å²) < 4.78 is 10.7. The molecule has 1 aromatic heterocycles. The lowest BCUT2D eigenvalue weighted by molar-refractivity contribution is -0.119. The number of aryl methyl sites for hydroxylation is 1. The van der Waals surface area contributed by atoms with Crippen LogP contribution in [-0.2, 0) is 11.2 Å². The van der Waals surface area contributed by atoms with Crippen LogP contribution in [0.1, 0.15) is 32.8 Å². The van der Waals surface area contributed by atoms with Crippen LogP contribution in [0.5, 0.6) is 11.5 Å². The van der Waals surface area contributed by atoms with Gasteiger partial charge in [-0.1, -0.05) is 50.7 Å². The van der Waals surface area contributed by atoms with Crippen molar-refractivity contribution in [2.24, 2.45) is 5.92 Å². The molecular formula is C24H27N5O4S. The summed E-state index contributed by atoms with van der Waals surface area (Å²) in [6.07, 6.45) is 1.63. The van der Waals surface area contributed by atoms with Gasteiger partial charge in [-0.2, -0.15) is 0 Å². The van der Waals surface area contributed by atoms with Crippen LogP contribution < -0.4 is 25.4 Å². The predicted octanol–water partition coefficient (Wildman–Crippen LogP) is 4.67. The Labute approximate surface area is 201 Å². The maximum atomic E-state index is 13.0. The van der Waals surface area contributed by atoms with E-state index in [9.17, 15) is 9.59 Å². The summed E-state index contributed by atoms with van der Waals surface area (Å²) in [5.41, 5.74) is 2.66. The van der Waals surface area contributed by atoms with Gasteiger partial charge in [-0.15, -0.1) is 10.2 Å². The smallest absolute Gasteiger partial charge is 0.319 e. The Bertz CT molecular complexity index is 1160. The highest BCUT2D eigenvalue weighted by molar-refractivity contribution is 7.18. The first-order valence-electron chi connectivity index (χ1n) is 11.2. The van der Waals surface area contributed by atoms with Crippen molar-refractivity contribution in [1.82, 2.24) is 15.5 Å². The zero-order chi connectivity index (χ0) is 24.1. The first-order chi connectivity index (χ1) is 16.5. The average molecular weight is 482 g/mol. The van der Waals surface area contributed by atoms with Crippen LogP contribution in [0.3, 0.4) is 0 Å². The molecule has 0 radical (unpaired) electrons. The number of anilines is 2. The lowest BCUT2D eigenvalue weighted by Gasteiger charge is -2.23. The van der Waals surface area contributed by atoms with Gasteiger partial charge in [-0.25, -0.2) is 4.79 Å². The number of hydrogen-bond donors (Lipinski definition) is 3. The summed E-state index contributed by atoms with van der Waals surface area (Å²) in [5.74, 6) is 0.896. The largest absolute Gasteiger partial charge is 0.454 e. The molecule has 0 fully saturated rings. The van der Waals surface area contributed by atoms with Gasteiger partial charge in [0, 0.05) is 11.3 Å². The van der Waals surface area contributed by atoms with Gasteiger partial charge in [-0.3, -0.25) is 10.1 Å². The highest BCUT2D eigenvalue weighted by Gasteiger charge is 2.27. The van der Waals surface area contributed by atoms with E-state index in [1.807, 2.05) is 56.3 Å². The minimum absolute atomic E-state index is 0.0885. The number of hydrogen-bond acceptors (Lipinski definition) is 7. The van der Waals surface area contributed by atoms with E-state index in [1.165, 1.54) is 16.9 Å². The monoisotopic (exact) mass is 481 g/mol. The number of nitrogens with one attached hydrogen (secondary N) is 3. The van der Waals surface area contributed by atoms with Crippen molar-refractivity contribution < 1.29 is 19.1 Å². The SMILES string of the molecule is CCc1ccc(NC(=O)NC(C(=O)Nc2nnc(-c3ccc4c(c3)OCO4)s2)C(C)CC)cc1. The summed E-state index contributed by atoms with van der Waals surface area (Å²) in [7, 11) is 0. The first kappa shape index (κ1) is 23.5. The standard InChI is InChI=1S/C24H27N5O4S/c1-4-14(3)20(26-23(31)25-17-9-6-15(5-2)7-10-17)21(30)27-24-29-28-22(34-24)16-8-11-18-19(12-16)33-13-32-18/h6-12,14,20H,4-5,13H2,1-3H3,(H2,25,26,31)(H,27,29,30). The van der Waals surface area contributed by atoms with E-state index in [4.69, 9.17) is 9.47 Å². The van der Waals surface area contributed by atoms with Gasteiger partial charge in [0.15, 0.2) is 11.5 Å². The highest BCUT2D eigenvalue weighted by Crippen LogP contribution is 2.37. The van der Waals surface area contributed by atoms with E-state index in [2.05, 4.69) is 33.1 Å². The molecule has 10 heteroatoms. The van der Waals surface area contributed by atoms with Crippen molar-refractivity contribution in [3.63, 3.8) is 0 Å². The molecule has 178 valence electrons. The average Bonchev–Trinajstić information content (AvgIpc) is 3.51. The van der Waals surface area contributed by atoms with Crippen molar-refractivity contribution in [3.8, 4) is 22.1 Å². The van der Waals surface area contributed by atoms with Crippen LogP contribution in [0.25, 0.3) is 10.6 Å². The molecule has 34 heavy (non-hydrogen) atoms. The summed E-state index contributed by atoms with van der Waals surface area (Å²) >= 11 is 1.24. The number of amides is 3. The second-order valence-corrected chi connectivity index (χ2v) is 8.96. The van der Waals surface area contributed by atoms with Crippen molar-refractivity contribution in [2.45, 2.75) is 39.7 Å². The quantitative estimate of drug-likeness (QED) is 0.431. The van der Waals surface area contributed by atoms with Gasteiger partial charge in [-0.05, 0) is 48.2 Å². The van der Waals surface area contributed by atoms with Gasteiger partial charge >= 0.3 is 6.03 Å². The number of fused-ring (bicyclic) bond motifs is 1. The molecule has 9 nitrogen and oxygen atoms in total. The molecule has 0 saturated heterocycles. The number of aromatic nitrogens is 2. The summed E-state index contributed by atoms with van der Waals surface area (Å²) in [4.78, 5) is 25.6. The third kappa shape index (κ3) is 5.45. The lowest BCUT2D eigenvalue weighted by atomic mass is 9.98. The fraction of sp³-hybridized carbons (Fsp3) is 0.333. The molecule has 2 aromatic carbocycles. The van der Waals surface area contributed by atoms with Gasteiger partial charge in [0.2, 0.25) is 17.8 Å². The molecule has 4 rings (SSSR count). The van der Waals surface area contributed by atoms with E-state index in [-0.39, 0.29) is 18.6 Å². The Kier molecular flexibility index (Phi) is 7.27. The maximum absolute atomic E-state index is 13.0. The Morgan fingerprint density at radius 1 is 1.03 bits per heavy atom. The number of carbonyl (C=O) groups is 2. The fourth-order valence-electron chi connectivity index (χ4n) is 3.44. The second kappa shape index (κ2) is 10.5. The highest BCUT2D eigenvalue weighted by atomic mass is 32.1. The molecule has 0 spiro atoms. The minimum atomic E-state index is -0.738. The molecule has 1 aliphatic rings. The van der Waals surface area contributed by atoms with Gasteiger partial charge in [0.1, 0.15) is 11.0 Å². The number of carbonyl (C=O) groups excluding carboxylic acids is 2. The molecule has 0 aliphatic carbocycles. The number of ether oxygens (including phenoxy) is 2. The van der Waals surface area contributed by atoms with Gasteiger partial charge < -0.3 is 20.1 Å². The van der Waals surface area contributed by atoms with Gasteiger partial charge in [0.25, 0.3) is 0 Å². The van der Waals surface area contributed by atoms with Crippen LogP contribution in [0.4, 0.5) is 15.6 Å². The summed E-state index contributed by atoms with van der Waals surface area (Å²) in [5, 5.41) is 17.6. The maximum Gasteiger partial charge on any atom is 0.319 e. The number of rotatable bonds is 8. The van der Waals surface area contributed by atoms with Crippen LogP contribution in [0.15, 0.2) is 42.5 Å². The van der Waals surface area contributed by atoms with E-state index in [0.29, 0.717) is 33.7 Å². The second-order valence-electron chi connectivity index (χ2n) is 7.98. The number of urea groups is 1. The normalized spacial score (nSPS) is 13.7. The van der Waals surface area contributed by atoms with E-state index >= 15 is 0 Å². The molecular weight excluding hydrogens is 454 g/mol. The number of benzene rings is 2. The Hall–Kier alpha value is -3.66. The van der Waals surface area contributed by atoms with Crippen molar-refractivity contribution in [3.05, 3.63) is 48.0 Å². The lowest BCUT2D eigenvalue weighted by Crippen LogP contribution is -2.49. The zero-order valence-electron chi connectivity index (χ0n) is 19.3. The molecule has 2 unspecified atom stereocenters. The van der Waals surface area contributed by atoms with E-state index in [0.717, 1.165) is 12.0 Å². The van der Waals surface area contributed by atoms with Crippen LogP contribution >= 0.6 is 11.3 Å². The Morgan fingerprint density at radius 3 is 2.53 bits per heavy atom. The van der Waals surface area contributed by atoms with Crippen molar-refractivity contribution in [2.75, 3.05) is 17.4 Å². The molecule has 1 aliphatic heterocycles. The van der Waals surface area contributed by atoms with E-state index in [1.54, 1.807) is 0 Å². The van der Waals surface area contributed by atoms with Gasteiger partial charge in [0.05, 0.1) is 0 Å². The van der Waals surface area contributed by atoms with Crippen molar-refractivity contribution >= 4 is 34.1 Å². The Balaban J connectivity index is 1.41. The predicted molar refractivity (Wildman–Crippen MR) is 131 cm³/mol. The van der Waals surface area contributed by atoms with Crippen LogP contribution in [0, 0.1) is 5.92 Å². The summed E-state index contributed by atoms with van der Waals surface area (Å²) in [6.45, 7) is 6.15. The molecule has 3 aromatic rings. The molecule has 0 saturated carbocycles. The number of nitrogens with zero attached hydrogens (tertiary/aromatic N) is 2. The van der Waals surface area contributed by atoms with E-state index < -0.39 is 12.1 Å².